The van der Waals surface area contributed by atoms with Crippen molar-refractivity contribution in [2.24, 2.45) is 0 Å². The number of likely N-dealkylation sites (tertiary alicyclic amines) is 2. The van der Waals surface area contributed by atoms with Crippen molar-refractivity contribution < 1.29 is 43.9 Å². The van der Waals surface area contributed by atoms with Crippen LogP contribution in [0, 0.1) is 34.1 Å². The normalized spacial score (nSPS) is 17.5. The molecular formula is C32H47N4O11+. The Morgan fingerprint density at radius 3 is 1.72 bits per heavy atom. The number of carbonyl (C=O) groups is 2. The van der Waals surface area contributed by atoms with Gasteiger partial charge in [-0.25, -0.2) is 9.59 Å². The van der Waals surface area contributed by atoms with Crippen molar-refractivity contribution >= 4 is 23.6 Å². The molecule has 2 aliphatic heterocycles. The van der Waals surface area contributed by atoms with E-state index < -0.39 is 21.0 Å². The summed E-state index contributed by atoms with van der Waals surface area (Å²) in [4.78, 5) is 46.9. The van der Waals surface area contributed by atoms with Crippen LogP contribution >= 0.6 is 0 Å². The lowest BCUT2D eigenvalue weighted by molar-refractivity contribution is -0.385. The summed E-state index contributed by atoms with van der Waals surface area (Å²) in [5.41, 5.74) is -0.190. The van der Waals surface area contributed by atoms with Gasteiger partial charge in [0.05, 0.1) is 34.1 Å². The zero-order valence-electron chi connectivity index (χ0n) is 28.3. The number of amides is 2. The van der Waals surface area contributed by atoms with E-state index in [1.165, 1.54) is 31.2 Å². The maximum atomic E-state index is 12.0. The first-order valence-corrected chi connectivity index (χ1v) is 15.2. The minimum Gasteiger partial charge on any atom is -0.507 e. The SMILES string of the molecule is CC(C)(C)OC(=O)N1CCC([OH2+])C1.Cc1c(O)cccc1[N+](=O)[O-].Cc1c(OC2CCN(C(=O)OC(C)(C)C)C2)cccc1[N+](=O)[O-]. The summed E-state index contributed by atoms with van der Waals surface area (Å²) in [7, 11) is 0. The van der Waals surface area contributed by atoms with E-state index in [2.05, 4.69) is 0 Å². The van der Waals surface area contributed by atoms with Crippen molar-refractivity contribution in [3.05, 3.63) is 67.8 Å². The summed E-state index contributed by atoms with van der Waals surface area (Å²) in [5.74, 6) is 0.439. The fourth-order valence-electron chi connectivity index (χ4n) is 4.49. The highest BCUT2D eigenvalue weighted by Crippen LogP contribution is 2.29. The van der Waals surface area contributed by atoms with Crippen molar-refractivity contribution in [1.29, 1.82) is 0 Å². The third kappa shape index (κ3) is 12.6. The predicted octanol–water partition coefficient (Wildman–Crippen LogP) is 5.62. The number of rotatable bonds is 4. The van der Waals surface area contributed by atoms with Crippen LogP contribution in [-0.4, -0.2) is 91.6 Å². The van der Waals surface area contributed by atoms with Crippen molar-refractivity contribution in [3.63, 3.8) is 0 Å². The number of phenols is 1. The molecule has 0 aliphatic carbocycles. The van der Waals surface area contributed by atoms with Crippen molar-refractivity contribution in [2.45, 2.75) is 91.6 Å². The molecule has 15 heteroatoms. The number of benzene rings is 2. The lowest BCUT2D eigenvalue weighted by Gasteiger charge is -2.24. The molecular weight excluding hydrogens is 616 g/mol. The van der Waals surface area contributed by atoms with E-state index in [1.54, 1.807) is 28.9 Å². The highest BCUT2D eigenvalue weighted by molar-refractivity contribution is 5.69. The van der Waals surface area contributed by atoms with E-state index in [9.17, 15) is 29.8 Å². The zero-order valence-corrected chi connectivity index (χ0v) is 28.3. The summed E-state index contributed by atoms with van der Waals surface area (Å²) < 4.78 is 16.4. The maximum absolute atomic E-state index is 12.0. The number of nitro groups is 2. The molecule has 260 valence electrons. The summed E-state index contributed by atoms with van der Waals surface area (Å²) in [6.45, 7) is 16.3. The first-order valence-electron chi connectivity index (χ1n) is 15.2. The second kappa shape index (κ2) is 16.3. The average Bonchev–Trinajstić information content (AvgIpc) is 3.59. The Kier molecular flexibility index (Phi) is 13.3. The predicted molar refractivity (Wildman–Crippen MR) is 174 cm³/mol. The van der Waals surface area contributed by atoms with Crippen LogP contribution < -0.4 is 4.74 Å². The molecule has 4 rings (SSSR count). The standard InChI is InChI=1S/C16H22N2O5.C9H17NO3.C7H7NO3/c1-11-13(18(20)21)6-5-7-14(11)22-12-8-9-17(10-12)15(19)23-16(2,3)4;1-9(2,3)13-8(12)10-5-4-7(11)6-10;1-5-6(8(10)11)3-2-4-7(5)9/h5-7,12H,8-10H2,1-4H3;7,11H,4-6H2,1-3H3;2-4,9H,1H3/p+1. The second-order valence-electron chi connectivity index (χ2n) is 13.2. The summed E-state index contributed by atoms with van der Waals surface area (Å²) in [5, 5.41) is 37.7. The van der Waals surface area contributed by atoms with Gasteiger partial charge in [0.1, 0.15) is 28.8 Å². The Balaban J connectivity index is 0.000000270. The van der Waals surface area contributed by atoms with Crippen molar-refractivity contribution in [2.75, 3.05) is 26.2 Å². The molecule has 2 heterocycles. The van der Waals surface area contributed by atoms with E-state index >= 15 is 0 Å². The van der Waals surface area contributed by atoms with Gasteiger partial charge in [0.2, 0.25) is 0 Å². The Morgan fingerprint density at radius 1 is 0.809 bits per heavy atom. The van der Waals surface area contributed by atoms with Gasteiger partial charge in [-0.3, -0.25) is 25.1 Å². The van der Waals surface area contributed by atoms with Crippen LogP contribution in [0.25, 0.3) is 0 Å². The van der Waals surface area contributed by atoms with Gasteiger partial charge in [-0.15, -0.1) is 0 Å². The van der Waals surface area contributed by atoms with Crippen LogP contribution in [0.3, 0.4) is 0 Å². The Bertz CT molecular complexity index is 1420. The maximum Gasteiger partial charge on any atom is 0.410 e. The van der Waals surface area contributed by atoms with Gasteiger partial charge < -0.3 is 29.3 Å². The molecule has 0 saturated carbocycles. The summed E-state index contributed by atoms with van der Waals surface area (Å²) in [6.07, 6.45) is 0.456. The fourth-order valence-corrected chi connectivity index (χ4v) is 4.49. The first-order chi connectivity index (χ1) is 21.7. The molecule has 2 fully saturated rings. The Labute approximate surface area is 274 Å². The monoisotopic (exact) mass is 663 g/mol. The minimum atomic E-state index is -0.535. The minimum absolute atomic E-state index is 0.0319. The molecule has 2 aromatic rings. The molecule has 0 radical (unpaired) electrons. The first kappa shape index (κ1) is 38.5. The highest BCUT2D eigenvalue weighted by Gasteiger charge is 2.32. The Hall–Kier alpha value is -4.66. The summed E-state index contributed by atoms with van der Waals surface area (Å²) in [6, 6.07) is 8.97. The lowest BCUT2D eigenvalue weighted by Crippen LogP contribution is -2.36. The molecule has 2 amide bonds. The third-order valence-corrected chi connectivity index (χ3v) is 6.86. The molecule has 2 aromatic carbocycles. The molecule has 3 N–H and O–H groups in total. The molecule has 2 atom stereocenters. The van der Waals surface area contributed by atoms with Crippen LogP contribution in [0.5, 0.6) is 11.5 Å². The number of aromatic hydroxyl groups is 1. The largest absolute Gasteiger partial charge is 0.507 e. The fraction of sp³-hybridized carbons (Fsp3) is 0.562. The van der Waals surface area contributed by atoms with Gasteiger partial charge in [-0.05, 0) is 67.5 Å². The molecule has 2 unspecified atom stereocenters. The molecule has 2 saturated heterocycles. The average molecular weight is 664 g/mol. The molecule has 0 bridgehead atoms. The number of carbonyl (C=O) groups excluding carboxylic acids is 2. The van der Waals surface area contributed by atoms with Crippen molar-refractivity contribution in [1.82, 2.24) is 9.80 Å². The molecule has 0 aromatic heterocycles. The number of ether oxygens (including phenoxy) is 3. The van der Waals surface area contributed by atoms with E-state index in [-0.39, 0.29) is 41.5 Å². The smallest absolute Gasteiger partial charge is 0.410 e. The van der Waals surface area contributed by atoms with Gasteiger partial charge >= 0.3 is 12.2 Å². The molecule has 47 heavy (non-hydrogen) atoms. The van der Waals surface area contributed by atoms with Crippen molar-refractivity contribution in [3.8, 4) is 11.5 Å². The van der Waals surface area contributed by atoms with Gasteiger partial charge in [-0.1, -0.05) is 12.1 Å². The topological polar surface area (TPSA) is 198 Å². The molecule has 2 aliphatic rings. The van der Waals surface area contributed by atoms with Crippen LogP contribution in [0.2, 0.25) is 0 Å². The third-order valence-electron chi connectivity index (χ3n) is 6.86. The van der Waals surface area contributed by atoms with Crippen LogP contribution in [0.4, 0.5) is 21.0 Å². The van der Waals surface area contributed by atoms with Crippen LogP contribution in [-0.2, 0) is 9.47 Å². The number of phenolic OH excluding ortho intramolecular Hbond substituents is 1. The van der Waals surface area contributed by atoms with E-state index in [0.29, 0.717) is 49.5 Å². The zero-order chi connectivity index (χ0) is 35.7. The van der Waals surface area contributed by atoms with Gasteiger partial charge in [0.25, 0.3) is 11.4 Å². The van der Waals surface area contributed by atoms with Gasteiger partial charge in [-0.2, -0.15) is 0 Å². The number of nitro benzene ring substituents is 2. The van der Waals surface area contributed by atoms with E-state index in [0.717, 1.165) is 6.42 Å². The molecule has 0 spiro atoms. The lowest BCUT2D eigenvalue weighted by atomic mass is 10.2. The Morgan fingerprint density at radius 2 is 1.28 bits per heavy atom. The van der Waals surface area contributed by atoms with Crippen LogP contribution in [0.15, 0.2) is 36.4 Å². The quantitative estimate of drug-likeness (QED) is 0.243. The highest BCUT2D eigenvalue weighted by atomic mass is 16.6. The van der Waals surface area contributed by atoms with E-state index in [1.807, 2.05) is 41.5 Å². The van der Waals surface area contributed by atoms with Gasteiger partial charge in [0.15, 0.2) is 6.10 Å². The number of hydrogen-bond acceptors (Lipinski definition) is 10. The summed E-state index contributed by atoms with van der Waals surface area (Å²) >= 11 is 0. The van der Waals surface area contributed by atoms with Gasteiger partial charge in [0, 0.05) is 38.1 Å². The number of nitrogens with zero attached hydrogens (tertiary/aromatic N) is 4. The molecule has 15 nitrogen and oxygen atoms in total. The number of hydrogen-bond donors (Lipinski definition) is 1. The van der Waals surface area contributed by atoms with E-state index in [4.69, 9.17) is 24.4 Å². The second-order valence-corrected chi connectivity index (χ2v) is 13.2. The van der Waals surface area contributed by atoms with Crippen LogP contribution in [0.1, 0.15) is 65.5 Å².